The Bertz CT molecular complexity index is 839. The molecule has 148 valence electrons. The van der Waals surface area contributed by atoms with E-state index in [4.69, 9.17) is 9.47 Å². The quantitative estimate of drug-likeness (QED) is 0.464. The minimum atomic E-state index is -0.632. The molecule has 2 aromatic rings. The summed E-state index contributed by atoms with van der Waals surface area (Å²) in [6.45, 7) is 5.64. The number of nitrogens with zero attached hydrogens (tertiary/aromatic N) is 1. The van der Waals surface area contributed by atoms with E-state index in [1.807, 2.05) is 18.2 Å². The van der Waals surface area contributed by atoms with Crippen molar-refractivity contribution in [2.24, 2.45) is 5.10 Å². The SMILES string of the molecule is COC(=O)c1ccc(COc2ccccc2/C=N/NC(=O)OC(C)(C)C)cc1. The Morgan fingerprint density at radius 3 is 2.39 bits per heavy atom. The Hall–Kier alpha value is -3.35. The van der Waals surface area contributed by atoms with Crippen LogP contribution in [-0.4, -0.2) is 31.0 Å². The van der Waals surface area contributed by atoms with Crippen LogP contribution in [0.4, 0.5) is 4.79 Å². The molecule has 0 radical (unpaired) electrons. The third-order valence-corrected chi connectivity index (χ3v) is 3.45. The van der Waals surface area contributed by atoms with Crippen molar-refractivity contribution in [1.29, 1.82) is 0 Å². The molecule has 7 nitrogen and oxygen atoms in total. The van der Waals surface area contributed by atoms with Gasteiger partial charge in [0.05, 0.1) is 18.9 Å². The number of carbonyl (C=O) groups excluding carboxylic acids is 2. The number of carbonyl (C=O) groups is 2. The Labute approximate surface area is 164 Å². The number of hydrazone groups is 1. The molecule has 0 spiro atoms. The van der Waals surface area contributed by atoms with Crippen molar-refractivity contribution in [3.8, 4) is 5.75 Å². The standard InChI is InChI=1S/C21H24N2O5/c1-21(2,3)28-20(25)23-22-13-17-7-5-6-8-18(17)27-14-15-9-11-16(12-10-15)19(24)26-4/h5-13H,14H2,1-4H3,(H,23,25)/b22-13+. The summed E-state index contributed by atoms with van der Waals surface area (Å²) in [7, 11) is 1.34. The van der Waals surface area contributed by atoms with Gasteiger partial charge in [-0.05, 0) is 50.6 Å². The van der Waals surface area contributed by atoms with Gasteiger partial charge < -0.3 is 14.2 Å². The van der Waals surface area contributed by atoms with Crippen molar-refractivity contribution >= 4 is 18.3 Å². The molecule has 0 atom stereocenters. The van der Waals surface area contributed by atoms with Crippen LogP contribution in [-0.2, 0) is 16.1 Å². The van der Waals surface area contributed by atoms with Gasteiger partial charge in [0.25, 0.3) is 0 Å². The molecule has 0 bridgehead atoms. The average molecular weight is 384 g/mol. The summed E-state index contributed by atoms with van der Waals surface area (Å²) in [5, 5.41) is 3.90. The maximum Gasteiger partial charge on any atom is 0.428 e. The second-order valence-corrected chi connectivity index (χ2v) is 6.89. The number of hydrogen-bond acceptors (Lipinski definition) is 6. The number of nitrogens with one attached hydrogen (secondary N) is 1. The second-order valence-electron chi connectivity index (χ2n) is 6.89. The van der Waals surface area contributed by atoms with Gasteiger partial charge in [0, 0.05) is 5.56 Å². The number of benzene rings is 2. The highest BCUT2D eigenvalue weighted by atomic mass is 16.6. The first kappa shape index (κ1) is 21.0. The molecule has 0 saturated heterocycles. The Morgan fingerprint density at radius 1 is 1.07 bits per heavy atom. The van der Waals surface area contributed by atoms with Gasteiger partial charge >= 0.3 is 12.1 Å². The fourth-order valence-corrected chi connectivity index (χ4v) is 2.19. The molecule has 0 aliphatic rings. The van der Waals surface area contributed by atoms with Crippen LogP contribution in [0.1, 0.15) is 42.3 Å². The number of rotatable bonds is 6. The number of amides is 1. The number of methoxy groups -OCH3 is 1. The molecule has 7 heteroatoms. The molecular weight excluding hydrogens is 360 g/mol. The molecule has 0 aromatic heterocycles. The predicted molar refractivity (Wildman–Crippen MR) is 106 cm³/mol. The first-order chi connectivity index (χ1) is 13.3. The Balaban J connectivity index is 1.97. The monoisotopic (exact) mass is 384 g/mol. The van der Waals surface area contributed by atoms with Gasteiger partial charge in [0.15, 0.2) is 0 Å². The van der Waals surface area contributed by atoms with Crippen LogP contribution in [0.3, 0.4) is 0 Å². The molecule has 1 amide bonds. The average Bonchev–Trinajstić information content (AvgIpc) is 2.65. The number of esters is 1. The Kier molecular flexibility index (Phi) is 7.14. The third-order valence-electron chi connectivity index (χ3n) is 3.45. The summed E-state index contributed by atoms with van der Waals surface area (Å²) in [5.41, 5.74) is 3.80. The molecule has 0 fully saturated rings. The van der Waals surface area contributed by atoms with E-state index in [-0.39, 0.29) is 5.97 Å². The van der Waals surface area contributed by atoms with Crippen LogP contribution in [0.25, 0.3) is 0 Å². The van der Waals surface area contributed by atoms with Gasteiger partial charge in [-0.3, -0.25) is 0 Å². The van der Waals surface area contributed by atoms with Gasteiger partial charge in [-0.25, -0.2) is 15.0 Å². The summed E-state index contributed by atoms with van der Waals surface area (Å²) in [6.07, 6.45) is 0.854. The van der Waals surface area contributed by atoms with Gasteiger partial charge in [0.2, 0.25) is 0 Å². The van der Waals surface area contributed by atoms with E-state index in [0.717, 1.165) is 5.56 Å². The van der Waals surface area contributed by atoms with Crippen LogP contribution >= 0.6 is 0 Å². The molecule has 0 unspecified atom stereocenters. The normalized spacial score (nSPS) is 11.1. The van der Waals surface area contributed by atoms with E-state index in [0.29, 0.717) is 23.5 Å². The van der Waals surface area contributed by atoms with Gasteiger partial charge in [0.1, 0.15) is 18.0 Å². The fraction of sp³-hybridized carbons (Fsp3) is 0.286. The summed E-state index contributed by atoms with van der Waals surface area (Å²) in [4.78, 5) is 23.1. The molecule has 2 aromatic carbocycles. The minimum absolute atomic E-state index is 0.311. The Morgan fingerprint density at radius 2 is 1.75 bits per heavy atom. The topological polar surface area (TPSA) is 86.2 Å². The fourth-order valence-electron chi connectivity index (χ4n) is 2.19. The first-order valence-electron chi connectivity index (χ1n) is 8.69. The largest absolute Gasteiger partial charge is 0.488 e. The third kappa shape index (κ3) is 6.75. The zero-order valence-corrected chi connectivity index (χ0v) is 16.4. The van der Waals surface area contributed by atoms with Crippen molar-refractivity contribution in [1.82, 2.24) is 5.43 Å². The van der Waals surface area contributed by atoms with E-state index in [2.05, 4.69) is 15.3 Å². The zero-order valence-electron chi connectivity index (χ0n) is 16.4. The predicted octanol–water partition coefficient (Wildman–Crippen LogP) is 3.91. The first-order valence-corrected chi connectivity index (χ1v) is 8.69. The van der Waals surface area contributed by atoms with Crippen LogP contribution < -0.4 is 10.2 Å². The smallest absolute Gasteiger partial charge is 0.428 e. The minimum Gasteiger partial charge on any atom is -0.488 e. The van der Waals surface area contributed by atoms with E-state index < -0.39 is 11.7 Å². The molecule has 28 heavy (non-hydrogen) atoms. The summed E-state index contributed by atoms with van der Waals surface area (Å²) >= 11 is 0. The second kappa shape index (κ2) is 9.55. The highest BCUT2D eigenvalue weighted by Crippen LogP contribution is 2.18. The van der Waals surface area contributed by atoms with Crippen LogP contribution in [0.5, 0.6) is 5.75 Å². The molecule has 2 rings (SSSR count). The van der Waals surface area contributed by atoms with Crippen molar-refractivity contribution in [3.05, 3.63) is 65.2 Å². The summed E-state index contributed by atoms with van der Waals surface area (Å²) in [6, 6.07) is 14.3. The van der Waals surface area contributed by atoms with E-state index >= 15 is 0 Å². The van der Waals surface area contributed by atoms with Crippen molar-refractivity contribution in [2.45, 2.75) is 33.0 Å². The van der Waals surface area contributed by atoms with E-state index in [1.165, 1.54) is 13.3 Å². The lowest BCUT2D eigenvalue weighted by molar-refractivity contribution is 0.0528. The van der Waals surface area contributed by atoms with Crippen LogP contribution in [0, 0.1) is 0 Å². The van der Waals surface area contributed by atoms with E-state index in [9.17, 15) is 9.59 Å². The lowest BCUT2D eigenvalue weighted by Gasteiger charge is -2.18. The van der Waals surface area contributed by atoms with Crippen molar-refractivity contribution in [3.63, 3.8) is 0 Å². The highest BCUT2D eigenvalue weighted by molar-refractivity contribution is 5.89. The lowest BCUT2D eigenvalue weighted by Crippen LogP contribution is -2.29. The van der Waals surface area contributed by atoms with Crippen molar-refractivity contribution < 1.29 is 23.8 Å². The zero-order chi connectivity index (χ0) is 20.6. The molecule has 1 N–H and O–H groups in total. The molecule has 0 aliphatic carbocycles. The molecule has 0 aliphatic heterocycles. The van der Waals surface area contributed by atoms with Crippen LogP contribution in [0.2, 0.25) is 0 Å². The molecule has 0 heterocycles. The highest BCUT2D eigenvalue weighted by Gasteiger charge is 2.15. The maximum atomic E-state index is 11.6. The van der Waals surface area contributed by atoms with Gasteiger partial charge in [-0.15, -0.1) is 0 Å². The van der Waals surface area contributed by atoms with Gasteiger partial charge in [-0.2, -0.15) is 5.10 Å². The number of hydrogen-bond donors (Lipinski definition) is 1. The van der Waals surface area contributed by atoms with Gasteiger partial charge in [-0.1, -0.05) is 24.3 Å². The van der Waals surface area contributed by atoms with Crippen molar-refractivity contribution in [2.75, 3.05) is 7.11 Å². The maximum absolute atomic E-state index is 11.6. The molecule has 0 saturated carbocycles. The molecular formula is C21H24N2O5. The van der Waals surface area contributed by atoms with Crippen LogP contribution in [0.15, 0.2) is 53.6 Å². The lowest BCUT2D eigenvalue weighted by atomic mass is 10.1. The summed E-state index contributed by atoms with van der Waals surface area (Å²) < 4.78 is 15.6. The number of para-hydroxylation sites is 1. The summed E-state index contributed by atoms with van der Waals surface area (Å²) in [5.74, 6) is 0.223. The van der Waals surface area contributed by atoms with E-state index in [1.54, 1.807) is 51.1 Å². The number of ether oxygens (including phenoxy) is 3.